The number of para-hydroxylation sites is 1. The van der Waals surface area contributed by atoms with Crippen molar-refractivity contribution in [2.24, 2.45) is 11.8 Å². The molecule has 2 aliphatic heterocycles. The summed E-state index contributed by atoms with van der Waals surface area (Å²) in [6.45, 7) is 5.83. The molecule has 0 aliphatic carbocycles. The Hall–Kier alpha value is -5.03. The number of hydrogen-bond acceptors (Lipinski definition) is 7. The number of carbonyl (C=O) groups excluding carboxylic acids is 3. The van der Waals surface area contributed by atoms with Crippen LogP contribution in [0.25, 0.3) is 0 Å². The molecule has 3 N–H and O–H groups in total. The Labute approximate surface area is 298 Å². The standard InChI is InChI=1S/C41H45N3O7/c1-27-37(40(2,3)49)35(24-36(46)43(22-23-45)25-28-10-6-5-7-11-28)51-41(27)33-12-8-9-13-34(33)44(39(41)48)26-29-14-18-31(19-15-29)42-38(47)30-16-20-32(50-4)21-17-30/h5-21,27,35,37,45,49H,22-26H2,1-4H3,(H,42,47)/t27-,35+,37-,41+/m1/s1. The van der Waals surface area contributed by atoms with Gasteiger partial charge in [-0.15, -0.1) is 0 Å². The summed E-state index contributed by atoms with van der Waals surface area (Å²) < 4.78 is 12.0. The molecular formula is C41H45N3O7. The summed E-state index contributed by atoms with van der Waals surface area (Å²) in [6.07, 6.45) is -0.831. The lowest BCUT2D eigenvalue weighted by molar-refractivity contribution is -0.150. The van der Waals surface area contributed by atoms with Crippen LogP contribution in [0.3, 0.4) is 0 Å². The van der Waals surface area contributed by atoms with Crippen molar-refractivity contribution < 1.29 is 34.1 Å². The van der Waals surface area contributed by atoms with Crippen molar-refractivity contribution in [3.8, 4) is 5.75 Å². The highest BCUT2D eigenvalue weighted by molar-refractivity contribution is 6.07. The number of methoxy groups -OCH3 is 1. The highest BCUT2D eigenvalue weighted by Gasteiger charge is 2.66. The summed E-state index contributed by atoms with van der Waals surface area (Å²) in [5.74, 6) is -1.11. The lowest BCUT2D eigenvalue weighted by atomic mass is 9.71. The normalized spacial score (nSPS) is 21.1. The van der Waals surface area contributed by atoms with E-state index in [2.05, 4.69) is 5.32 Å². The van der Waals surface area contributed by atoms with E-state index in [4.69, 9.17) is 9.47 Å². The van der Waals surface area contributed by atoms with Crippen LogP contribution in [-0.2, 0) is 33.0 Å². The average molecular weight is 692 g/mol. The first-order valence-corrected chi connectivity index (χ1v) is 17.2. The van der Waals surface area contributed by atoms with Gasteiger partial charge in [0.2, 0.25) is 5.91 Å². The number of aliphatic hydroxyl groups excluding tert-OH is 1. The minimum Gasteiger partial charge on any atom is -0.497 e. The summed E-state index contributed by atoms with van der Waals surface area (Å²) in [7, 11) is 1.57. The molecule has 1 fully saturated rings. The van der Waals surface area contributed by atoms with Gasteiger partial charge in [0.05, 0.1) is 44.1 Å². The number of nitrogens with one attached hydrogen (secondary N) is 1. The summed E-state index contributed by atoms with van der Waals surface area (Å²) >= 11 is 0. The number of anilines is 2. The molecule has 4 aromatic rings. The van der Waals surface area contributed by atoms with Crippen LogP contribution < -0.4 is 15.0 Å². The molecule has 266 valence electrons. The maximum Gasteiger partial charge on any atom is 0.264 e. The van der Waals surface area contributed by atoms with Crippen LogP contribution in [-0.4, -0.2) is 64.8 Å². The Morgan fingerprint density at radius 1 is 0.941 bits per heavy atom. The van der Waals surface area contributed by atoms with Gasteiger partial charge >= 0.3 is 0 Å². The predicted octanol–water partition coefficient (Wildman–Crippen LogP) is 5.52. The second-order valence-corrected chi connectivity index (χ2v) is 13.9. The van der Waals surface area contributed by atoms with E-state index in [1.54, 1.807) is 67.2 Å². The molecule has 1 saturated heterocycles. The van der Waals surface area contributed by atoms with Gasteiger partial charge in [-0.2, -0.15) is 0 Å². The van der Waals surface area contributed by atoms with Gasteiger partial charge in [0.1, 0.15) is 5.75 Å². The van der Waals surface area contributed by atoms with Crippen LogP contribution in [0.5, 0.6) is 5.75 Å². The van der Waals surface area contributed by atoms with E-state index in [0.717, 1.165) is 11.1 Å². The molecule has 0 radical (unpaired) electrons. The van der Waals surface area contributed by atoms with Gasteiger partial charge in [0.25, 0.3) is 11.8 Å². The Balaban J connectivity index is 1.23. The first kappa shape index (κ1) is 35.8. The SMILES string of the molecule is COc1ccc(C(=O)Nc2ccc(CN3C(=O)[C@@]4(O[C@@H](CC(=O)N(CCO)Cc5ccccc5)[C@H](C(C)(C)O)[C@H]4C)c4ccccc43)cc2)cc1. The molecule has 4 aromatic carbocycles. The molecule has 6 rings (SSSR count). The number of benzene rings is 4. The second kappa shape index (κ2) is 14.7. The van der Waals surface area contributed by atoms with Crippen LogP contribution >= 0.6 is 0 Å². The Morgan fingerprint density at radius 2 is 1.61 bits per heavy atom. The number of nitrogens with zero attached hydrogens (tertiary/aromatic N) is 2. The number of amides is 3. The Kier molecular flexibility index (Phi) is 10.3. The van der Waals surface area contributed by atoms with E-state index in [9.17, 15) is 24.6 Å². The van der Waals surface area contributed by atoms with Gasteiger partial charge in [-0.1, -0.05) is 67.6 Å². The molecule has 0 unspecified atom stereocenters. The zero-order chi connectivity index (χ0) is 36.3. The highest BCUT2D eigenvalue weighted by Crippen LogP contribution is 2.58. The largest absolute Gasteiger partial charge is 0.497 e. The zero-order valence-corrected chi connectivity index (χ0v) is 29.4. The topological polar surface area (TPSA) is 129 Å². The van der Waals surface area contributed by atoms with E-state index >= 15 is 0 Å². The van der Waals surface area contributed by atoms with Crippen molar-refractivity contribution in [2.45, 2.75) is 57.6 Å². The van der Waals surface area contributed by atoms with Crippen LogP contribution in [0.2, 0.25) is 0 Å². The predicted molar refractivity (Wildman–Crippen MR) is 194 cm³/mol. The molecule has 0 aromatic heterocycles. The summed E-state index contributed by atoms with van der Waals surface area (Å²) in [5, 5.41) is 24.2. The van der Waals surface area contributed by atoms with Crippen LogP contribution in [0.15, 0.2) is 103 Å². The maximum atomic E-state index is 14.7. The van der Waals surface area contributed by atoms with Gasteiger partial charge in [0, 0.05) is 41.7 Å². The summed E-state index contributed by atoms with van der Waals surface area (Å²) in [6, 6.07) is 31.3. The fraction of sp³-hybridized carbons (Fsp3) is 0.341. The fourth-order valence-electron chi connectivity index (χ4n) is 7.73. The van der Waals surface area contributed by atoms with Crippen LogP contribution in [0, 0.1) is 11.8 Å². The van der Waals surface area contributed by atoms with E-state index in [-0.39, 0.29) is 43.8 Å². The molecule has 10 nitrogen and oxygen atoms in total. The monoisotopic (exact) mass is 691 g/mol. The van der Waals surface area contributed by atoms with E-state index < -0.39 is 29.1 Å². The van der Waals surface area contributed by atoms with E-state index in [1.807, 2.05) is 73.7 Å². The van der Waals surface area contributed by atoms with Crippen molar-refractivity contribution >= 4 is 29.1 Å². The Bertz CT molecular complexity index is 1860. The molecule has 0 saturated carbocycles. The van der Waals surface area contributed by atoms with Gasteiger partial charge in [-0.25, -0.2) is 0 Å². The second-order valence-electron chi connectivity index (χ2n) is 13.9. The third-order valence-electron chi connectivity index (χ3n) is 10.1. The van der Waals surface area contributed by atoms with Crippen molar-refractivity contribution in [1.82, 2.24) is 4.90 Å². The van der Waals surface area contributed by atoms with E-state index in [1.165, 1.54) is 0 Å². The van der Waals surface area contributed by atoms with Gasteiger partial charge in [-0.05, 0) is 67.4 Å². The number of hydrogen-bond donors (Lipinski definition) is 3. The molecule has 10 heteroatoms. The first-order chi connectivity index (χ1) is 24.5. The number of rotatable bonds is 12. The van der Waals surface area contributed by atoms with Crippen LogP contribution in [0.1, 0.15) is 54.2 Å². The molecule has 0 bridgehead atoms. The molecule has 1 spiro atoms. The average Bonchev–Trinajstić information content (AvgIpc) is 3.55. The molecule has 3 amide bonds. The molecule has 51 heavy (non-hydrogen) atoms. The van der Waals surface area contributed by atoms with Crippen molar-refractivity contribution in [3.05, 3.63) is 125 Å². The van der Waals surface area contributed by atoms with Gasteiger partial charge in [-0.3, -0.25) is 14.4 Å². The first-order valence-electron chi connectivity index (χ1n) is 17.2. The molecule has 2 aliphatic rings. The molecule has 2 heterocycles. The van der Waals surface area contributed by atoms with E-state index in [0.29, 0.717) is 34.8 Å². The van der Waals surface area contributed by atoms with Crippen molar-refractivity contribution in [2.75, 3.05) is 30.5 Å². The Morgan fingerprint density at radius 3 is 2.25 bits per heavy atom. The zero-order valence-electron chi connectivity index (χ0n) is 29.4. The maximum absolute atomic E-state index is 14.7. The quantitative estimate of drug-likeness (QED) is 0.179. The third-order valence-corrected chi connectivity index (χ3v) is 10.1. The van der Waals surface area contributed by atoms with Gasteiger partial charge < -0.3 is 34.8 Å². The smallest absolute Gasteiger partial charge is 0.264 e. The lowest BCUT2D eigenvalue weighted by Crippen LogP contribution is -2.46. The third kappa shape index (κ3) is 7.12. The minimum absolute atomic E-state index is 0.0628. The van der Waals surface area contributed by atoms with Crippen molar-refractivity contribution in [3.63, 3.8) is 0 Å². The van der Waals surface area contributed by atoms with Crippen LogP contribution in [0.4, 0.5) is 11.4 Å². The number of ether oxygens (including phenoxy) is 2. The fourth-order valence-corrected chi connectivity index (χ4v) is 7.73. The highest BCUT2D eigenvalue weighted by atomic mass is 16.5. The van der Waals surface area contributed by atoms with Crippen molar-refractivity contribution in [1.29, 1.82) is 0 Å². The molecule has 4 atom stereocenters. The lowest BCUT2D eigenvalue weighted by Gasteiger charge is -2.34. The number of aliphatic hydroxyl groups is 2. The van der Waals surface area contributed by atoms with Gasteiger partial charge in [0.15, 0.2) is 5.60 Å². The number of fused-ring (bicyclic) bond motifs is 2. The molecular weight excluding hydrogens is 646 g/mol. The summed E-state index contributed by atoms with van der Waals surface area (Å²) in [5.41, 5.74) is 1.60. The minimum atomic E-state index is -1.42. The summed E-state index contributed by atoms with van der Waals surface area (Å²) in [4.78, 5) is 44.7. The number of carbonyl (C=O) groups is 3.